The molecular formula is C11H14F3NO2. The lowest BCUT2D eigenvalue weighted by Gasteiger charge is -2.18. The Bertz CT molecular complexity index is 379. The molecule has 0 aliphatic heterocycles. The number of methoxy groups -OCH3 is 2. The lowest BCUT2D eigenvalue weighted by molar-refractivity contribution is -0.138. The smallest absolute Gasteiger partial charge is 0.390 e. The second kappa shape index (κ2) is 5.27. The molecule has 0 aromatic heterocycles. The van der Waals surface area contributed by atoms with Gasteiger partial charge in [-0.1, -0.05) is 0 Å². The zero-order chi connectivity index (χ0) is 13.1. The molecule has 17 heavy (non-hydrogen) atoms. The summed E-state index contributed by atoms with van der Waals surface area (Å²) in [7, 11) is 2.81. The zero-order valence-electron chi connectivity index (χ0n) is 9.54. The van der Waals surface area contributed by atoms with Crippen LogP contribution in [-0.4, -0.2) is 20.4 Å². The predicted octanol–water partition coefficient (Wildman–Crippen LogP) is 2.66. The second-order valence-corrected chi connectivity index (χ2v) is 3.53. The fourth-order valence-corrected chi connectivity index (χ4v) is 1.49. The number of halogens is 3. The van der Waals surface area contributed by atoms with Gasteiger partial charge in [-0.05, 0) is 18.2 Å². The van der Waals surface area contributed by atoms with Crippen LogP contribution in [-0.2, 0) is 0 Å². The zero-order valence-corrected chi connectivity index (χ0v) is 9.54. The van der Waals surface area contributed by atoms with Gasteiger partial charge in [0.05, 0.1) is 20.6 Å². The molecule has 3 nitrogen and oxygen atoms in total. The van der Waals surface area contributed by atoms with Crippen LogP contribution in [0.2, 0.25) is 0 Å². The van der Waals surface area contributed by atoms with Gasteiger partial charge < -0.3 is 15.2 Å². The van der Waals surface area contributed by atoms with Crippen LogP contribution >= 0.6 is 0 Å². The molecule has 96 valence electrons. The number of rotatable bonds is 4. The van der Waals surface area contributed by atoms with E-state index in [9.17, 15) is 13.2 Å². The first kappa shape index (κ1) is 13.6. The molecule has 0 unspecified atom stereocenters. The van der Waals surface area contributed by atoms with Gasteiger partial charge in [0.15, 0.2) is 0 Å². The van der Waals surface area contributed by atoms with Crippen molar-refractivity contribution in [3.8, 4) is 11.5 Å². The third-order valence-electron chi connectivity index (χ3n) is 2.29. The first-order chi connectivity index (χ1) is 7.87. The molecule has 0 radical (unpaired) electrons. The van der Waals surface area contributed by atoms with E-state index in [0.717, 1.165) is 0 Å². The Balaban J connectivity index is 3.01. The van der Waals surface area contributed by atoms with E-state index >= 15 is 0 Å². The minimum Gasteiger partial charge on any atom is -0.497 e. The highest BCUT2D eigenvalue weighted by Crippen LogP contribution is 2.34. The molecule has 0 aliphatic carbocycles. The van der Waals surface area contributed by atoms with E-state index < -0.39 is 18.6 Å². The SMILES string of the molecule is COc1ccc(OC)c([C@@H](N)CC(F)(F)F)c1. The minimum atomic E-state index is -4.31. The molecule has 1 rings (SSSR count). The molecule has 0 fully saturated rings. The average Bonchev–Trinajstić information content (AvgIpc) is 2.25. The van der Waals surface area contributed by atoms with Crippen molar-refractivity contribution in [3.05, 3.63) is 23.8 Å². The van der Waals surface area contributed by atoms with Crippen molar-refractivity contribution >= 4 is 0 Å². The number of benzene rings is 1. The van der Waals surface area contributed by atoms with Crippen molar-refractivity contribution in [2.45, 2.75) is 18.6 Å². The van der Waals surface area contributed by atoms with Crippen LogP contribution in [0.1, 0.15) is 18.0 Å². The standard InChI is InChI=1S/C11H14F3NO2/c1-16-7-3-4-10(17-2)8(5-7)9(15)6-11(12,13)14/h3-5,9H,6,15H2,1-2H3/t9-/m0/s1. The molecule has 1 aromatic carbocycles. The fourth-order valence-electron chi connectivity index (χ4n) is 1.49. The Hall–Kier alpha value is -1.43. The van der Waals surface area contributed by atoms with Crippen LogP contribution in [0.5, 0.6) is 11.5 Å². The summed E-state index contributed by atoms with van der Waals surface area (Å²) in [6.07, 6.45) is -5.41. The largest absolute Gasteiger partial charge is 0.497 e. The van der Waals surface area contributed by atoms with E-state index in [2.05, 4.69) is 0 Å². The predicted molar refractivity (Wildman–Crippen MR) is 57.1 cm³/mol. The van der Waals surface area contributed by atoms with Crippen molar-refractivity contribution in [2.24, 2.45) is 5.73 Å². The van der Waals surface area contributed by atoms with Crippen LogP contribution in [0, 0.1) is 0 Å². The first-order valence-corrected chi connectivity index (χ1v) is 4.91. The summed E-state index contributed by atoms with van der Waals surface area (Å²) in [6.45, 7) is 0. The van der Waals surface area contributed by atoms with Crippen molar-refractivity contribution in [3.63, 3.8) is 0 Å². The molecular weight excluding hydrogens is 235 g/mol. The lowest BCUT2D eigenvalue weighted by atomic mass is 10.0. The molecule has 0 bridgehead atoms. The van der Waals surface area contributed by atoms with Gasteiger partial charge in [0.1, 0.15) is 11.5 Å². The van der Waals surface area contributed by atoms with Gasteiger partial charge >= 0.3 is 6.18 Å². The summed E-state index contributed by atoms with van der Waals surface area (Å²) in [5.74, 6) is 0.765. The van der Waals surface area contributed by atoms with Crippen LogP contribution in [0.3, 0.4) is 0 Å². The Labute approximate surface area is 97.3 Å². The maximum Gasteiger partial charge on any atom is 0.390 e. The Morgan fingerprint density at radius 2 is 1.88 bits per heavy atom. The van der Waals surface area contributed by atoms with Gasteiger partial charge in [-0.2, -0.15) is 13.2 Å². The summed E-state index contributed by atoms with van der Waals surface area (Å²) < 4.78 is 46.7. The topological polar surface area (TPSA) is 44.5 Å². The number of hydrogen-bond acceptors (Lipinski definition) is 3. The highest BCUT2D eigenvalue weighted by Gasteiger charge is 2.32. The van der Waals surface area contributed by atoms with Crippen LogP contribution in [0.25, 0.3) is 0 Å². The third kappa shape index (κ3) is 3.81. The monoisotopic (exact) mass is 249 g/mol. The van der Waals surface area contributed by atoms with Crippen molar-refractivity contribution in [1.82, 2.24) is 0 Å². The molecule has 1 atom stereocenters. The van der Waals surface area contributed by atoms with Gasteiger partial charge in [0.2, 0.25) is 0 Å². The van der Waals surface area contributed by atoms with E-state index in [0.29, 0.717) is 11.5 Å². The van der Waals surface area contributed by atoms with Crippen molar-refractivity contribution < 1.29 is 22.6 Å². The second-order valence-electron chi connectivity index (χ2n) is 3.53. The molecule has 0 heterocycles. The normalized spacial score (nSPS) is 13.3. The molecule has 0 spiro atoms. The van der Waals surface area contributed by atoms with E-state index in [4.69, 9.17) is 15.2 Å². The third-order valence-corrected chi connectivity index (χ3v) is 2.29. The van der Waals surface area contributed by atoms with Gasteiger partial charge in [-0.3, -0.25) is 0 Å². The summed E-state index contributed by atoms with van der Waals surface area (Å²) in [5.41, 5.74) is 5.81. The summed E-state index contributed by atoms with van der Waals surface area (Å²) in [5, 5.41) is 0. The Morgan fingerprint density at radius 3 is 2.35 bits per heavy atom. The molecule has 1 aromatic rings. The lowest BCUT2D eigenvalue weighted by Crippen LogP contribution is -2.20. The molecule has 6 heteroatoms. The van der Waals surface area contributed by atoms with Crippen molar-refractivity contribution in [1.29, 1.82) is 0 Å². The highest BCUT2D eigenvalue weighted by atomic mass is 19.4. The van der Waals surface area contributed by atoms with Crippen LogP contribution in [0.4, 0.5) is 13.2 Å². The average molecular weight is 249 g/mol. The van der Waals surface area contributed by atoms with Gasteiger partial charge in [0.25, 0.3) is 0 Å². The molecule has 0 saturated carbocycles. The molecule has 0 aliphatic rings. The number of ether oxygens (including phenoxy) is 2. The molecule has 2 N–H and O–H groups in total. The minimum absolute atomic E-state index is 0.282. The first-order valence-electron chi connectivity index (χ1n) is 4.91. The number of alkyl halides is 3. The van der Waals surface area contributed by atoms with Crippen LogP contribution in [0.15, 0.2) is 18.2 Å². The van der Waals surface area contributed by atoms with Crippen molar-refractivity contribution in [2.75, 3.05) is 14.2 Å². The fraction of sp³-hybridized carbons (Fsp3) is 0.455. The molecule has 0 saturated heterocycles. The quantitative estimate of drug-likeness (QED) is 0.892. The van der Waals surface area contributed by atoms with Crippen LogP contribution < -0.4 is 15.2 Å². The summed E-state index contributed by atoms with van der Waals surface area (Å²) in [6, 6.07) is 3.42. The van der Waals surface area contributed by atoms with Gasteiger partial charge in [-0.15, -0.1) is 0 Å². The maximum absolute atomic E-state index is 12.3. The Kier molecular flexibility index (Phi) is 4.22. The maximum atomic E-state index is 12.3. The number of hydrogen-bond donors (Lipinski definition) is 1. The van der Waals surface area contributed by atoms with Gasteiger partial charge in [0, 0.05) is 11.6 Å². The summed E-state index contributed by atoms with van der Waals surface area (Å²) >= 11 is 0. The Morgan fingerprint density at radius 1 is 1.24 bits per heavy atom. The van der Waals surface area contributed by atoms with E-state index in [1.54, 1.807) is 6.07 Å². The van der Waals surface area contributed by atoms with E-state index in [1.165, 1.54) is 26.4 Å². The van der Waals surface area contributed by atoms with E-state index in [-0.39, 0.29) is 5.56 Å². The number of nitrogens with two attached hydrogens (primary N) is 1. The van der Waals surface area contributed by atoms with Gasteiger partial charge in [-0.25, -0.2) is 0 Å². The summed E-state index contributed by atoms with van der Waals surface area (Å²) in [4.78, 5) is 0. The highest BCUT2D eigenvalue weighted by molar-refractivity contribution is 5.42. The van der Waals surface area contributed by atoms with E-state index in [1.807, 2.05) is 0 Å². The molecule has 0 amide bonds.